The highest BCUT2D eigenvalue weighted by atomic mass is 16.5. The number of ether oxygens (including phenoxy) is 1. The number of fused-ring (bicyclic) bond motifs is 1. The molecule has 0 N–H and O–H groups in total. The average molecular weight is 246 g/mol. The number of rotatable bonds is 3. The lowest BCUT2D eigenvalue weighted by Gasteiger charge is -2.10. The predicted molar refractivity (Wildman–Crippen MR) is 72.3 cm³/mol. The van der Waals surface area contributed by atoms with Crippen molar-refractivity contribution in [2.45, 2.75) is 27.2 Å². The maximum atomic E-state index is 12.0. The quantitative estimate of drug-likeness (QED) is 0.780. The third kappa shape index (κ3) is 2.26. The van der Waals surface area contributed by atoms with Crippen molar-refractivity contribution in [1.29, 1.82) is 0 Å². The molecule has 0 amide bonds. The van der Waals surface area contributed by atoms with Crippen molar-refractivity contribution in [3.05, 3.63) is 39.7 Å². The van der Waals surface area contributed by atoms with Crippen LogP contribution in [-0.2, 0) is 6.42 Å². The van der Waals surface area contributed by atoms with E-state index in [0.29, 0.717) is 17.3 Å². The minimum absolute atomic E-state index is 0.234. The summed E-state index contributed by atoms with van der Waals surface area (Å²) in [5, 5.41) is 0.978. The minimum Gasteiger partial charge on any atom is -0.497 e. The molecule has 0 bridgehead atoms. The molecule has 0 radical (unpaired) electrons. The molecule has 0 spiro atoms. The molecule has 0 aliphatic rings. The van der Waals surface area contributed by atoms with E-state index in [9.17, 15) is 4.79 Å². The number of methoxy groups -OCH3 is 1. The van der Waals surface area contributed by atoms with Crippen LogP contribution in [-0.4, -0.2) is 7.11 Å². The van der Waals surface area contributed by atoms with Crippen LogP contribution in [0.1, 0.15) is 25.0 Å². The monoisotopic (exact) mass is 246 g/mol. The molecule has 0 atom stereocenters. The van der Waals surface area contributed by atoms with Gasteiger partial charge in [-0.05, 0) is 37.0 Å². The third-order valence-corrected chi connectivity index (χ3v) is 3.11. The largest absolute Gasteiger partial charge is 0.497 e. The lowest BCUT2D eigenvalue weighted by molar-refractivity contribution is 0.414. The van der Waals surface area contributed by atoms with Crippen LogP contribution in [0.3, 0.4) is 0 Å². The Morgan fingerprint density at radius 3 is 2.67 bits per heavy atom. The molecule has 0 saturated heterocycles. The van der Waals surface area contributed by atoms with E-state index >= 15 is 0 Å². The van der Waals surface area contributed by atoms with E-state index in [0.717, 1.165) is 22.9 Å². The normalized spacial score (nSPS) is 11.2. The zero-order valence-electron chi connectivity index (χ0n) is 11.2. The van der Waals surface area contributed by atoms with E-state index in [1.807, 2.05) is 19.1 Å². The Bertz CT molecular complexity index is 623. The summed E-state index contributed by atoms with van der Waals surface area (Å²) in [6, 6.07) is 5.58. The lowest BCUT2D eigenvalue weighted by Crippen LogP contribution is -2.12. The van der Waals surface area contributed by atoms with Gasteiger partial charge in [0.15, 0.2) is 0 Å². The maximum Gasteiger partial charge on any atom is 0.339 e. The molecular formula is C15H18O3. The number of hydrogen-bond acceptors (Lipinski definition) is 3. The van der Waals surface area contributed by atoms with E-state index < -0.39 is 0 Å². The van der Waals surface area contributed by atoms with Crippen molar-refractivity contribution in [1.82, 2.24) is 0 Å². The summed E-state index contributed by atoms with van der Waals surface area (Å²) in [6.45, 7) is 6.16. The fourth-order valence-corrected chi connectivity index (χ4v) is 2.15. The van der Waals surface area contributed by atoms with Crippen molar-refractivity contribution in [2.75, 3.05) is 7.11 Å². The first kappa shape index (κ1) is 12.7. The Morgan fingerprint density at radius 1 is 1.33 bits per heavy atom. The fourth-order valence-electron chi connectivity index (χ4n) is 2.15. The third-order valence-electron chi connectivity index (χ3n) is 3.11. The molecule has 3 nitrogen and oxygen atoms in total. The fraction of sp³-hybridized carbons (Fsp3) is 0.400. The first-order valence-corrected chi connectivity index (χ1v) is 6.13. The summed E-state index contributed by atoms with van der Waals surface area (Å²) < 4.78 is 10.5. The van der Waals surface area contributed by atoms with Gasteiger partial charge >= 0.3 is 5.63 Å². The van der Waals surface area contributed by atoms with Crippen molar-refractivity contribution in [2.24, 2.45) is 5.92 Å². The molecule has 96 valence electrons. The van der Waals surface area contributed by atoms with Gasteiger partial charge in [-0.25, -0.2) is 4.79 Å². The van der Waals surface area contributed by atoms with Crippen molar-refractivity contribution >= 4 is 11.0 Å². The van der Waals surface area contributed by atoms with Crippen LogP contribution < -0.4 is 10.4 Å². The summed E-state index contributed by atoms with van der Waals surface area (Å²) in [5.41, 5.74) is 2.14. The molecule has 2 aromatic rings. The van der Waals surface area contributed by atoms with Gasteiger partial charge in [-0.15, -0.1) is 0 Å². The molecule has 2 rings (SSSR count). The summed E-state index contributed by atoms with van der Waals surface area (Å²) in [7, 11) is 1.60. The number of benzene rings is 1. The first-order valence-electron chi connectivity index (χ1n) is 6.13. The van der Waals surface area contributed by atoms with E-state index in [1.54, 1.807) is 13.2 Å². The maximum absolute atomic E-state index is 12.0. The molecule has 3 heteroatoms. The van der Waals surface area contributed by atoms with Crippen LogP contribution in [0.15, 0.2) is 27.4 Å². The van der Waals surface area contributed by atoms with Gasteiger partial charge in [-0.3, -0.25) is 0 Å². The minimum atomic E-state index is -0.234. The van der Waals surface area contributed by atoms with E-state index in [-0.39, 0.29) is 5.63 Å². The average Bonchev–Trinajstić information content (AvgIpc) is 2.33. The molecular weight excluding hydrogens is 228 g/mol. The van der Waals surface area contributed by atoms with Gasteiger partial charge in [0.25, 0.3) is 0 Å². The summed E-state index contributed by atoms with van der Waals surface area (Å²) in [4.78, 5) is 12.0. The van der Waals surface area contributed by atoms with E-state index in [1.165, 1.54) is 0 Å². The van der Waals surface area contributed by atoms with Crippen LogP contribution in [0, 0.1) is 12.8 Å². The smallest absolute Gasteiger partial charge is 0.339 e. The Balaban J connectivity index is 2.67. The lowest BCUT2D eigenvalue weighted by atomic mass is 9.98. The van der Waals surface area contributed by atoms with Crippen molar-refractivity contribution in [3.8, 4) is 5.75 Å². The topological polar surface area (TPSA) is 39.4 Å². The van der Waals surface area contributed by atoms with Gasteiger partial charge in [-0.1, -0.05) is 13.8 Å². The van der Waals surface area contributed by atoms with Gasteiger partial charge < -0.3 is 9.15 Å². The molecule has 1 aromatic carbocycles. The van der Waals surface area contributed by atoms with Crippen LogP contribution in [0.25, 0.3) is 11.0 Å². The zero-order valence-corrected chi connectivity index (χ0v) is 11.2. The van der Waals surface area contributed by atoms with Crippen LogP contribution in [0.4, 0.5) is 0 Å². The van der Waals surface area contributed by atoms with Crippen LogP contribution >= 0.6 is 0 Å². The molecule has 1 aromatic heterocycles. The van der Waals surface area contributed by atoms with Gasteiger partial charge in [0.05, 0.1) is 7.11 Å². The first-order chi connectivity index (χ1) is 8.52. The van der Waals surface area contributed by atoms with Crippen LogP contribution in [0.5, 0.6) is 5.75 Å². The highest BCUT2D eigenvalue weighted by Gasteiger charge is 2.12. The highest BCUT2D eigenvalue weighted by molar-refractivity contribution is 5.82. The summed E-state index contributed by atoms with van der Waals surface area (Å²) >= 11 is 0. The second kappa shape index (κ2) is 4.84. The molecule has 0 unspecified atom stereocenters. The Kier molecular flexibility index (Phi) is 3.41. The van der Waals surface area contributed by atoms with Crippen molar-refractivity contribution in [3.63, 3.8) is 0 Å². The molecule has 0 aliphatic carbocycles. The predicted octanol–water partition coefficient (Wildman–Crippen LogP) is 3.31. The molecule has 0 saturated carbocycles. The SMILES string of the molecule is COc1ccc2c(C)c(CC(C)C)c(=O)oc2c1. The Morgan fingerprint density at radius 2 is 2.06 bits per heavy atom. The Labute approximate surface area is 106 Å². The van der Waals surface area contributed by atoms with Crippen LogP contribution in [0.2, 0.25) is 0 Å². The second-order valence-electron chi connectivity index (χ2n) is 4.95. The number of aryl methyl sites for hydroxylation is 1. The van der Waals surface area contributed by atoms with Gasteiger partial charge in [-0.2, -0.15) is 0 Å². The molecule has 0 fully saturated rings. The summed E-state index contributed by atoms with van der Waals surface area (Å²) in [6.07, 6.45) is 0.746. The highest BCUT2D eigenvalue weighted by Crippen LogP contribution is 2.24. The molecule has 1 heterocycles. The second-order valence-corrected chi connectivity index (χ2v) is 4.95. The molecule has 0 aliphatic heterocycles. The van der Waals surface area contributed by atoms with Crippen molar-refractivity contribution < 1.29 is 9.15 Å². The van der Waals surface area contributed by atoms with Gasteiger partial charge in [0, 0.05) is 17.0 Å². The van der Waals surface area contributed by atoms with E-state index in [2.05, 4.69) is 13.8 Å². The number of hydrogen-bond donors (Lipinski definition) is 0. The molecule has 18 heavy (non-hydrogen) atoms. The van der Waals surface area contributed by atoms with Gasteiger partial charge in [0.1, 0.15) is 11.3 Å². The zero-order chi connectivity index (χ0) is 13.3. The standard InChI is InChI=1S/C15H18O3/c1-9(2)7-13-10(3)12-6-5-11(17-4)8-14(12)18-15(13)16/h5-6,8-9H,7H2,1-4H3. The van der Waals surface area contributed by atoms with E-state index in [4.69, 9.17) is 9.15 Å². The summed E-state index contributed by atoms with van der Waals surface area (Å²) in [5.74, 6) is 1.13. The van der Waals surface area contributed by atoms with Gasteiger partial charge in [0.2, 0.25) is 0 Å². The Hall–Kier alpha value is -1.77.